The molecule has 2 aromatic carbocycles. The van der Waals surface area contributed by atoms with Gasteiger partial charge in [-0.15, -0.1) is 0 Å². The van der Waals surface area contributed by atoms with Crippen LogP contribution in [0.5, 0.6) is 5.75 Å². The van der Waals surface area contributed by atoms with Crippen LogP contribution in [-0.2, 0) is 6.54 Å². The molecule has 0 aliphatic rings. The average Bonchev–Trinajstić information content (AvgIpc) is 3.11. The fourth-order valence-electron chi connectivity index (χ4n) is 2.26. The maximum atomic E-state index is 6.15. The maximum Gasteiger partial charge on any atom is 0.226 e. The SMILES string of the molecule is S=C(Oc1ccc(Cl)cc1Cl)SC(Cn1ccnc1)c1ccc(Cl)cc1. The minimum atomic E-state index is 0.0278. The summed E-state index contributed by atoms with van der Waals surface area (Å²) in [5.74, 6) is 0.478. The van der Waals surface area contributed by atoms with Crippen molar-refractivity contribution in [2.75, 3.05) is 0 Å². The summed E-state index contributed by atoms with van der Waals surface area (Å²) in [6, 6.07) is 12.7. The van der Waals surface area contributed by atoms with E-state index < -0.39 is 0 Å². The molecule has 0 saturated heterocycles. The first-order valence-electron chi connectivity index (χ1n) is 7.56. The van der Waals surface area contributed by atoms with Crippen LogP contribution in [0.1, 0.15) is 10.8 Å². The van der Waals surface area contributed by atoms with Gasteiger partial charge in [-0.1, -0.05) is 58.7 Å². The molecule has 3 aromatic rings. The van der Waals surface area contributed by atoms with Crippen LogP contribution in [-0.4, -0.2) is 13.9 Å². The summed E-state index contributed by atoms with van der Waals surface area (Å²) in [6.45, 7) is 0.685. The summed E-state index contributed by atoms with van der Waals surface area (Å²) < 4.78 is 8.11. The van der Waals surface area contributed by atoms with Gasteiger partial charge in [-0.2, -0.15) is 0 Å². The van der Waals surface area contributed by atoms with Crippen LogP contribution in [0.4, 0.5) is 0 Å². The average molecular weight is 444 g/mol. The Kier molecular flexibility index (Phi) is 6.84. The Labute approximate surface area is 176 Å². The van der Waals surface area contributed by atoms with Gasteiger partial charge in [-0.05, 0) is 48.1 Å². The van der Waals surface area contributed by atoms with Gasteiger partial charge in [0.1, 0.15) is 5.75 Å². The van der Waals surface area contributed by atoms with Crippen LogP contribution >= 0.6 is 58.8 Å². The highest BCUT2D eigenvalue weighted by Gasteiger charge is 2.18. The van der Waals surface area contributed by atoms with Crippen molar-refractivity contribution in [1.29, 1.82) is 0 Å². The maximum absolute atomic E-state index is 6.15. The van der Waals surface area contributed by atoms with E-state index in [-0.39, 0.29) is 5.25 Å². The Morgan fingerprint density at radius 2 is 1.85 bits per heavy atom. The molecule has 0 radical (unpaired) electrons. The van der Waals surface area contributed by atoms with Crippen molar-refractivity contribution in [3.8, 4) is 5.75 Å². The standard InChI is InChI=1S/C18H13Cl3N2OS2/c19-13-3-1-12(2-4-13)17(10-23-8-7-22-11-23)26-18(25)24-16-6-5-14(20)9-15(16)21/h1-9,11,17H,10H2. The third kappa shape index (κ3) is 5.38. The molecule has 0 N–H and O–H groups in total. The lowest BCUT2D eigenvalue weighted by atomic mass is 10.1. The zero-order valence-corrected chi connectivity index (χ0v) is 17.2. The highest BCUT2D eigenvalue weighted by molar-refractivity contribution is 8.22. The van der Waals surface area contributed by atoms with Gasteiger partial charge in [0.25, 0.3) is 0 Å². The zero-order valence-electron chi connectivity index (χ0n) is 13.3. The van der Waals surface area contributed by atoms with Crippen LogP contribution in [0, 0.1) is 0 Å². The van der Waals surface area contributed by atoms with Crippen LogP contribution in [0.2, 0.25) is 15.1 Å². The van der Waals surface area contributed by atoms with E-state index in [1.54, 1.807) is 30.7 Å². The molecule has 3 rings (SSSR count). The molecule has 0 saturated carbocycles. The Hall–Kier alpha value is -1.24. The van der Waals surface area contributed by atoms with E-state index in [1.165, 1.54) is 11.8 Å². The molecule has 134 valence electrons. The first-order valence-corrected chi connectivity index (χ1v) is 9.98. The number of thiocarbonyl (C=S) groups is 1. The Bertz CT molecular complexity index is 886. The van der Waals surface area contributed by atoms with Crippen LogP contribution in [0.25, 0.3) is 0 Å². The summed E-state index contributed by atoms with van der Waals surface area (Å²) in [4.78, 5) is 4.09. The monoisotopic (exact) mass is 442 g/mol. The molecular formula is C18H13Cl3N2OS2. The molecule has 0 spiro atoms. The smallest absolute Gasteiger partial charge is 0.226 e. The van der Waals surface area contributed by atoms with E-state index in [4.69, 9.17) is 51.8 Å². The van der Waals surface area contributed by atoms with Crippen molar-refractivity contribution in [2.24, 2.45) is 0 Å². The zero-order chi connectivity index (χ0) is 18.5. The lowest BCUT2D eigenvalue weighted by molar-refractivity contribution is 0.578. The Morgan fingerprint density at radius 3 is 2.50 bits per heavy atom. The molecule has 0 bridgehead atoms. The predicted molar refractivity (Wildman–Crippen MR) is 114 cm³/mol. The van der Waals surface area contributed by atoms with Crippen molar-refractivity contribution >= 4 is 63.2 Å². The number of nitrogens with zero attached hydrogens (tertiary/aromatic N) is 2. The van der Waals surface area contributed by atoms with Gasteiger partial charge >= 0.3 is 0 Å². The second kappa shape index (κ2) is 9.11. The largest absolute Gasteiger partial charge is 0.438 e. The molecule has 0 aliphatic carbocycles. The number of imidazole rings is 1. The van der Waals surface area contributed by atoms with Crippen molar-refractivity contribution in [3.05, 3.63) is 81.8 Å². The topological polar surface area (TPSA) is 27.1 Å². The molecule has 0 fully saturated rings. The van der Waals surface area contributed by atoms with Crippen molar-refractivity contribution in [1.82, 2.24) is 9.55 Å². The van der Waals surface area contributed by atoms with E-state index >= 15 is 0 Å². The number of hydrogen-bond donors (Lipinski definition) is 0. The summed E-state index contributed by atoms with van der Waals surface area (Å²) in [6.07, 6.45) is 5.42. The Balaban J connectivity index is 1.75. The van der Waals surface area contributed by atoms with Crippen molar-refractivity contribution in [2.45, 2.75) is 11.8 Å². The second-order valence-corrected chi connectivity index (χ2v) is 8.43. The molecule has 8 heteroatoms. The van der Waals surface area contributed by atoms with E-state index in [0.29, 0.717) is 31.7 Å². The molecular weight excluding hydrogens is 431 g/mol. The number of aromatic nitrogens is 2. The highest BCUT2D eigenvalue weighted by atomic mass is 35.5. The van der Waals surface area contributed by atoms with Gasteiger partial charge in [0.05, 0.1) is 16.6 Å². The fourth-order valence-corrected chi connectivity index (χ4v) is 4.18. The van der Waals surface area contributed by atoms with Crippen LogP contribution < -0.4 is 4.74 Å². The number of thioether (sulfide) groups is 1. The van der Waals surface area contributed by atoms with Gasteiger partial charge in [0.2, 0.25) is 4.38 Å². The molecule has 1 unspecified atom stereocenters. The minimum absolute atomic E-state index is 0.0278. The minimum Gasteiger partial charge on any atom is -0.438 e. The second-order valence-electron chi connectivity index (χ2n) is 5.34. The molecule has 1 atom stereocenters. The van der Waals surface area contributed by atoms with Crippen LogP contribution in [0.3, 0.4) is 0 Å². The highest BCUT2D eigenvalue weighted by Crippen LogP contribution is 2.35. The van der Waals surface area contributed by atoms with Gasteiger partial charge < -0.3 is 9.30 Å². The van der Waals surface area contributed by atoms with Crippen molar-refractivity contribution < 1.29 is 4.74 Å². The van der Waals surface area contributed by atoms with Gasteiger partial charge in [0, 0.05) is 29.0 Å². The first kappa shape index (κ1) is 19.5. The van der Waals surface area contributed by atoms with Crippen LogP contribution in [0.15, 0.2) is 61.2 Å². The number of benzene rings is 2. The molecule has 0 aliphatic heterocycles. The summed E-state index contributed by atoms with van der Waals surface area (Å²) in [5, 5.41) is 1.67. The van der Waals surface area contributed by atoms with E-state index in [1.807, 2.05) is 35.0 Å². The lowest BCUT2D eigenvalue weighted by Gasteiger charge is -2.18. The number of rotatable bonds is 5. The molecule has 0 amide bonds. The summed E-state index contributed by atoms with van der Waals surface area (Å²) in [5.41, 5.74) is 1.08. The molecule has 3 nitrogen and oxygen atoms in total. The number of ether oxygens (including phenoxy) is 1. The third-order valence-corrected chi connectivity index (χ3v) is 5.64. The molecule has 1 aromatic heterocycles. The first-order chi connectivity index (χ1) is 12.5. The van der Waals surface area contributed by atoms with E-state index in [2.05, 4.69) is 4.98 Å². The van der Waals surface area contributed by atoms with Gasteiger partial charge in [-0.3, -0.25) is 0 Å². The molecule has 1 heterocycles. The van der Waals surface area contributed by atoms with Gasteiger partial charge in [0.15, 0.2) is 0 Å². The quantitative estimate of drug-likeness (QED) is 0.411. The van der Waals surface area contributed by atoms with Gasteiger partial charge in [-0.25, -0.2) is 4.98 Å². The molecule has 26 heavy (non-hydrogen) atoms. The summed E-state index contributed by atoms with van der Waals surface area (Å²) in [7, 11) is 0. The van der Waals surface area contributed by atoms with E-state index in [0.717, 1.165) is 5.56 Å². The fraction of sp³-hybridized carbons (Fsp3) is 0.111. The van der Waals surface area contributed by atoms with Crippen molar-refractivity contribution in [3.63, 3.8) is 0 Å². The lowest BCUT2D eigenvalue weighted by Crippen LogP contribution is -2.10. The number of hydrogen-bond acceptors (Lipinski definition) is 4. The normalized spacial score (nSPS) is 12.0. The Morgan fingerprint density at radius 1 is 1.12 bits per heavy atom. The third-order valence-electron chi connectivity index (χ3n) is 3.50. The van der Waals surface area contributed by atoms with E-state index in [9.17, 15) is 0 Å². The number of halogens is 3. The predicted octanol–water partition coefficient (Wildman–Crippen LogP) is 6.68. The summed E-state index contributed by atoms with van der Waals surface area (Å²) >= 11 is 24.9.